The molecule has 1 aliphatic rings. The molecule has 0 fully saturated rings. The Hall–Kier alpha value is -1.51. The molecule has 3 heteroatoms. The van der Waals surface area contributed by atoms with Gasteiger partial charge in [-0.3, -0.25) is 4.79 Å². The van der Waals surface area contributed by atoms with Crippen molar-refractivity contribution >= 4 is 11.5 Å². The molecule has 1 atom stereocenters. The molecule has 2 N–H and O–H groups in total. The van der Waals surface area contributed by atoms with Gasteiger partial charge in [-0.25, -0.2) is 0 Å². The number of hydrogen-bond donors (Lipinski definition) is 1. The van der Waals surface area contributed by atoms with Crippen molar-refractivity contribution in [1.29, 1.82) is 0 Å². The Kier molecular flexibility index (Phi) is 1.72. The number of carbonyl (C=O) groups is 1. The molecule has 0 spiro atoms. The van der Waals surface area contributed by atoms with Crippen molar-refractivity contribution in [2.24, 2.45) is 0 Å². The number of carbonyl (C=O) groups excluding carboxylic acids is 1. The highest BCUT2D eigenvalue weighted by Gasteiger charge is 2.30. The van der Waals surface area contributed by atoms with E-state index in [-0.39, 0.29) is 11.9 Å². The number of benzene rings is 1. The summed E-state index contributed by atoms with van der Waals surface area (Å²) < 4.78 is 5.42. The van der Waals surface area contributed by atoms with E-state index < -0.39 is 0 Å². The normalized spacial score (nSPS) is 19.8. The number of Topliss-reactive ketones (excluding diaryl/α,β-unsaturated/α-hetero) is 1. The van der Waals surface area contributed by atoms with Crippen LogP contribution in [0.4, 0.5) is 5.69 Å². The minimum absolute atomic E-state index is 0.0461. The fraction of sp³-hybridized carbons (Fsp3) is 0.300. The van der Waals surface area contributed by atoms with Crippen LogP contribution in [-0.2, 0) is 0 Å². The van der Waals surface area contributed by atoms with Crippen LogP contribution in [0.1, 0.15) is 23.7 Å². The molecule has 1 aliphatic heterocycles. The van der Waals surface area contributed by atoms with E-state index in [1.54, 1.807) is 18.2 Å². The summed E-state index contributed by atoms with van der Waals surface area (Å²) in [6, 6.07) is 5.16. The molecule has 0 aliphatic carbocycles. The quantitative estimate of drug-likeness (QED) is 0.663. The number of hydrogen-bond acceptors (Lipinski definition) is 3. The maximum absolute atomic E-state index is 11.6. The van der Waals surface area contributed by atoms with E-state index in [9.17, 15) is 4.79 Å². The van der Waals surface area contributed by atoms with Gasteiger partial charge in [0.1, 0.15) is 5.75 Å². The van der Waals surface area contributed by atoms with Gasteiger partial charge in [-0.05, 0) is 24.6 Å². The number of ether oxygens (including phenoxy) is 1. The van der Waals surface area contributed by atoms with Crippen LogP contribution in [0.25, 0.3) is 0 Å². The van der Waals surface area contributed by atoms with E-state index in [1.165, 1.54) is 0 Å². The van der Waals surface area contributed by atoms with Crippen LogP contribution < -0.4 is 10.5 Å². The number of fused-ring (bicyclic) bond motifs is 1. The van der Waals surface area contributed by atoms with Crippen molar-refractivity contribution in [3.8, 4) is 5.75 Å². The molecule has 1 aromatic rings. The van der Waals surface area contributed by atoms with E-state index in [2.05, 4.69) is 0 Å². The van der Waals surface area contributed by atoms with Crippen LogP contribution in [0.15, 0.2) is 18.2 Å². The summed E-state index contributed by atoms with van der Waals surface area (Å²) >= 11 is 0. The number of nitrogens with two attached hydrogens (primary N) is 1. The summed E-state index contributed by atoms with van der Waals surface area (Å²) in [5.74, 6) is 0.704. The smallest absolute Gasteiger partial charge is 0.207 e. The summed E-state index contributed by atoms with van der Waals surface area (Å²) in [5.41, 5.74) is 6.79. The molecule has 1 heterocycles. The van der Waals surface area contributed by atoms with Gasteiger partial charge in [-0.2, -0.15) is 0 Å². The summed E-state index contributed by atoms with van der Waals surface area (Å²) in [7, 11) is 0. The predicted molar refractivity (Wildman–Crippen MR) is 49.9 cm³/mol. The van der Waals surface area contributed by atoms with Gasteiger partial charge in [0.25, 0.3) is 0 Å². The largest absolute Gasteiger partial charge is 0.482 e. The molecule has 1 unspecified atom stereocenters. The molecule has 2 rings (SSSR count). The monoisotopic (exact) mass is 177 g/mol. The van der Waals surface area contributed by atoms with Gasteiger partial charge in [0.15, 0.2) is 6.10 Å². The Morgan fingerprint density at radius 3 is 3.00 bits per heavy atom. The van der Waals surface area contributed by atoms with Crippen LogP contribution >= 0.6 is 0 Å². The molecule has 0 radical (unpaired) electrons. The van der Waals surface area contributed by atoms with Gasteiger partial charge in [0, 0.05) is 5.69 Å². The fourth-order valence-electron chi connectivity index (χ4n) is 1.49. The average Bonchev–Trinajstić information content (AvgIpc) is 2.44. The molecule has 0 saturated heterocycles. The number of rotatable bonds is 1. The first-order valence-corrected chi connectivity index (χ1v) is 4.32. The Balaban J connectivity index is 2.45. The van der Waals surface area contributed by atoms with Crippen LogP contribution in [0.3, 0.4) is 0 Å². The maximum atomic E-state index is 11.6. The van der Waals surface area contributed by atoms with Crippen molar-refractivity contribution in [3.05, 3.63) is 23.8 Å². The van der Waals surface area contributed by atoms with Crippen LogP contribution in [-0.4, -0.2) is 11.9 Å². The highest BCUT2D eigenvalue weighted by Crippen LogP contribution is 2.31. The summed E-state index contributed by atoms with van der Waals surface area (Å²) in [5, 5.41) is 0. The van der Waals surface area contributed by atoms with Crippen molar-refractivity contribution in [2.45, 2.75) is 19.4 Å². The van der Waals surface area contributed by atoms with Crippen molar-refractivity contribution in [2.75, 3.05) is 5.73 Å². The zero-order chi connectivity index (χ0) is 9.42. The maximum Gasteiger partial charge on any atom is 0.207 e. The van der Waals surface area contributed by atoms with Crippen molar-refractivity contribution < 1.29 is 9.53 Å². The lowest BCUT2D eigenvalue weighted by Gasteiger charge is -2.03. The molecular weight excluding hydrogens is 166 g/mol. The zero-order valence-corrected chi connectivity index (χ0v) is 7.41. The van der Waals surface area contributed by atoms with Gasteiger partial charge in [-0.1, -0.05) is 6.92 Å². The predicted octanol–water partition coefficient (Wildman–Crippen LogP) is 1.62. The average molecular weight is 177 g/mol. The topological polar surface area (TPSA) is 52.3 Å². The second kappa shape index (κ2) is 2.76. The lowest BCUT2D eigenvalue weighted by molar-refractivity contribution is 0.0853. The van der Waals surface area contributed by atoms with E-state index in [1.807, 2.05) is 6.92 Å². The van der Waals surface area contributed by atoms with Gasteiger partial charge in [0.2, 0.25) is 5.78 Å². The van der Waals surface area contributed by atoms with Gasteiger partial charge in [-0.15, -0.1) is 0 Å². The molecule has 68 valence electrons. The highest BCUT2D eigenvalue weighted by molar-refractivity contribution is 6.05. The Bertz CT molecular complexity index is 360. The number of ketones is 1. The first kappa shape index (κ1) is 8.10. The van der Waals surface area contributed by atoms with Crippen LogP contribution in [0, 0.1) is 0 Å². The molecule has 0 saturated carbocycles. The standard InChI is InChI=1S/C10H11NO2/c1-2-8-10(12)7-5-6(11)3-4-9(7)13-8/h3-5,8H,2,11H2,1H3. The van der Waals surface area contributed by atoms with Crippen molar-refractivity contribution in [1.82, 2.24) is 0 Å². The van der Waals surface area contributed by atoms with E-state index >= 15 is 0 Å². The summed E-state index contributed by atoms with van der Waals surface area (Å²) in [6.45, 7) is 1.93. The zero-order valence-electron chi connectivity index (χ0n) is 7.41. The summed E-state index contributed by atoms with van der Waals surface area (Å²) in [6.07, 6.45) is 0.393. The molecule has 0 aromatic heterocycles. The Morgan fingerprint density at radius 2 is 2.31 bits per heavy atom. The second-order valence-corrected chi connectivity index (χ2v) is 3.13. The number of nitrogen functional groups attached to an aromatic ring is 1. The van der Waals surface area contributed by atoms with E-state index in [0.717, 1.165) is 0 Å². The minimum Gasteiger partial charge on any atom is -0.482 e. The highest BCUT2D eigenvalue weighted by atomic mass is 16.5. The minimum atomic E-state index is -0.309. The lowest BCUT2D eigenvalue weighted by Crippen LogP contribution is -2.18. The third-order valence-corrected chi connectivity index (χ3v) is 2.20. The molecular formula is C10H11NO2. The van der Waals surface area contributed by atoms with Crippen molar-refractivity contribution in [3.63, 3.8) is 0 Å². The molecule has 13 heavy (non-hydrogen) atoms. The third-order valence-electron chi connectivity index (χ3n) is 2.20. The van der Waals surface area contributed by atoms with Gasteiger partial charge >= 0.3 is 0 Å². The lowest BCUT2D eigenvalue weighted by atomic mass is 10.1. The van der Waals surface area contributed by atoms with Gasteiger partial charge in [0.05, 0.1) is 5.56 Å². The molecule has 0 amide bonds. The molecule has 0 bridgehead atoms. The third kappa shape index (κ3) is 1.16. The SMILES string of the molecule is CCC1Oc2ccc(N)cc2C1=O. The number of anilines is 1. The van der Waals surface area contributed by atoms with Crippen LogP contribution in [0.2, 0.25) is 0 Å². The Labute approximate surface area is 76.5 Å². The Morgan fingerprint density at radius 1 is 1.54 bits per heavy atom. The fourth-order valence-corrected chi connectivity index (χ4v) is 1.49. The molecule has 1 aromatic carbocycles. The van der Waals surface area contributed by atoms with E-state index in [0.29, 0.717) is 23.4 Å². The first-order valence-electron chi connectivity index (χ1n) is 4.32. The summed E-state index contributed by atoms with van der Waals surface area (Å²) in [4.78, 5) is 11.6. The van der Waals surface area contributed by atoms with Gasteiger partial charge < -0.3 is 10.5 Å². The second-order valence-electron chi connectivity index (χ2n) is 3.13. The van der Waals surface area contributed by atoms with E-state index in [4.69, 9.17) is 10.5 Å². The van der Waals surface area contributed by atoms with Crippen LogP contribution in [0.5, 0.6) is 5.75 Å². The molecule has 3 nitrogen and oxygen atoms in total. The first-order chi connectivity index (χ1) is 6.22.